The monoisotopic (exact) mass is 236 g/mol. The standard InChI is InChI=1S/C8H6ClFO3S/c9-8(11)5-14(12,13)7-4-2-1-3-6(7)10/h1-4H,5H2. The lowest BCUT2D eigenvalue weighted by atomic mass is 10.3. The van der Waals surface area contributed by atoms with E-state index in [1.54, 1.807) is 0 Å². The van der Waals surface area contributed by atoms with Gasteiger partial charge in [0.05, 0.1) is 0 Å². The zero-order valence-corrected chi connectivity index (χ0v) is 8.48. The molecule has 0 atom stereocenters. The SMILES string of the molecule is O=C(Cl)CS(=O)(=O)c1ccccc1F. The van der Waals surface area contributed by atoms with E-state index in [0.717, 1.165) is 12.1 Å². The van der Waals surface area contributed by atoms with Crippen molar-refractivity contribution in [3.8, 4) is 0 Å². The number of sulfone groups is 1. The molecule has 6 heteroatoms. The van der Waals surface area contributed by atoms with Gasteiger partial charge in [-0.3, -0.25) is 4.79 Å². The Kier molecular flexibility index (Phi) is 3.23. The Morgan fingerprint density at radius 1 is 1.36 bits per heavy atom. The Morgan fingerprint density at radius 2 is 1.93 bits per heavy atom. The molecule has 14 heavy (non-hydrogen) atoms. The molecule has 0 heterocycles. The molecule has 0 unspecified atom stereocenters. The summed E-state index contributed by atoms with van der Waals surface area (Å²) in [6.07, 6.45) is 0. The molecule has 0 N–H and O–H groups in total. The third-order valence-electron chi connectivity index (χ3n) is 1.48. The predicted molar refractivity (Wildman–Crippen MR) is 49.3 cm³/mol. The van der Waals surface area contributed by atoms with Crippen LogP contribution in [0, 0.1) is 5.82 Å². The molecule has 0 radical (unpaired) electrons. The Hall–Kier alpha value is -0.940. The number of carbonyl (C=O) groups is 1. The average Bonchev–Trinajstić information content (AvgIpc) is 2.02. The Labute approximate surface area is 85.4 Å². The first-order chi connectivity index (χ1) is 6.43. The van der Waals surface area contributed by atoms with Crippen molar-refractivity contribution in [2.45, 2.75) is 4.90 Å². The van der Waals surface area contributed by atoms with Crippen LogP contribution < -0.4 is 0 Å². The van der Waals surface area contributed by atoms with Gasteiger partial charge in [-0.15, -0.1) is 0 Å². The second kappa shape index (κ2) is 4.06. The second-order valence-corrected chi connectivity index (χ2v) is 4.92. The minimum absolute atomic E-state index is 0.506. The molecule has 0 fully saturated rings. The van der Waals surface area contributed by atoms with E-state index in [4.69, 9.17) is 11.6 Å². The fourth-order valence-electron chi connectivity index (χ4n) is 0.924. The average molecular weight is 237 g/mol. The zero-order chi connectivity index (χ0) is 10.8. The van der Waals surface area contributed by atoms with E-state index < -0.39 is 31.5 Å². The maximum absolute atomic E-state index is 13.0. The highest BCUT2D eigenvalue weighted by Gasteiger charge is 2.21. The quantitative estimate of drug-likeness (QED) is 0.745. The number of hydrogen-bond acceptors (Lipinski definition) is 3. The summed E-state index contributed by atoms with van der Waals surface area (Å²) in [5, 5.41) is -1.03. The number of hydrogen-bond donors (Lipinski definition) is 0. The largest absolute Gasteiger partial charge is 0.280 e. The van der Waals surface area contributed by atoms with Crippen LogP contribution in [0.5, 0.6) is 0 Å². The van der Waals surface area contributed by atoms with Crippen LogP contribution in [0.25, 0.3) is 0 Å². The van der Waals surface area contributed by atoms with E-state index in [1.165, 1.54) is 12.1 Å². The number of carbonyl (C=O) groups excluding carboxylic acids is 1. The Bertz CT molecular complexity index is 455. The highest BCUT2D eigenvalue weighted by Crippen LogP contribution is 2.15. The van der Waals surface area contributed by atoms with Gasteiger partial charge in [0, 0.05) is 0 Å². The molecular weight excluding hydrogens is 231 g/mol. The van der Waals surface area contributed by atoms with E-state index in [1.807, 2.05) is 0 Å². The molecular formula is C8H6ClFO3S. The maximum atomic E-state index is 13.0. The van der Waals surface area contributed by atoms with Gasteiger partial charge in [0.15, 0.2) is 9.84 Å². The molecule has 1 aromatic carbocycles. The summed E-state index contributed by atoms with van der Waals surface area (Å²) in [6, 6.07) is 4.82. The number of halogens is 2. The highest BCUT2D eigenvalue weighted by atomic mass is 35.5. The van der Waals surface area contributed by atoms with Crippen LogP contribution in [0.2, 0.25) is 0 Å². The minimum atomic E-state index is -3.95. The fourth-order valence-corrected chi connectivity index (χ4v) is 2.46. The van der Waals surface area contributed by atoms with Crippen LogP contribution in [0.3, 0.4) is 0 Å². The van der Waals surface area contributed by atoms with Crippen molar-refractivity contribution >= 4 is 26.7 Å². The maximum Gasteiger partial charge on any atom is 0.237 e. The molecule has 0 aliphatic carbocycles. The zero-order valence-electron chi connectivity index (χ0n) is 6.91. The number of rotatable bonds is 3. The van der Waals surface area contributed by atoms with Crippen LogP contribution in [0.1, 0.15) is 0 Å². The van der Waals surface area contributed by atoms with Crippen LogP contribution in [0.4, 0.5) is 4.39 Å². The van der Waals surface area contributed by atoms with Gasteiger partial charge in [-0.25, -0.2) is 12.8 Å². The topological polar surface area (TPSA) is 51.2 Å². The molecule has 0 spiro atoms. The van der Waals surface area contributed by atoms with Crippen molar-refractivity contribution in [1.29, 1.82) is 0 Å². The first-order valence-electron chi connectivity index (χ1n) is 3.59. The van der Waals surface area contributed by atoms with Crippen molar-refractivity contribution in [3.05, 3.63) is 30.1 Å². The first kappa shape index (κ1) is 11.1. The summed E-state index contributed by atoms with van der Waals surface area (Å²) in [6.45, 7) is 0. The molecule has 3 nitrogen and oxygen atoms in total. The summed E-state index contributed by atoms with van der Waals surface area (Å²) >= 11 is 4.92. The van der Waals surface area contributed by atoms with Gasteiger partial charge in [0.2, 0.25) is 5.24 Å². The third kappa shape index (κ3) is 2.52. The Morgan fingerprint density at radius 3 is 2.43 bits per heavy atom. The summed E-state index contributed by atoms with van der Waals surface area (Å²) in [7, 11) is -3.95. The highest BCUT2D eigenvalue weighted by molar-refractivity contribution is 7.92. The van der Waals surface area contributed by atoms with Gasteiger partial charge in [0.1, 0.15) is 16.5 Å². The van der Waals surface area contributed by atoms with Gasteiger partial charge >= 0.3 is 0 Å². The van der Waals surface area contributed by atoms with E-state index in [9.17, 15) is 17.6 Å². The van der Waals surface area contributed by atoms with Gasteiger partial charge in [-0.2, -0.15) is 0 Å². The smallest absolute Gasteiger partial charge is 0.237 e. The molecule has 0 aliphatic rings. The first-order valence-corrected chi connectivity index (χ1v) is 5.62. The predicted octanol–water partition coefficient (Wildman–Crippen LogP) is 1.36. The van der Waals surface area contributed by atoms with Crippen molar-refractivity contribution in [2.24, 2.45) is 0 Å². The van der Waals surface area contributed by atoms with Crippen LogP contribution in [-0.2, 0) is 14.6 Å². The summed E-state index contributed by atoms with van der Waals surface area (Å²) in [5.41, 5.74) is 0. The lowest BCUT2D eigenvalue weighted by Crippen LogP contribution is -2.13. The molecule has 0 bridgehead atoms. The van der Waals surface area contributed by atoms with Gasteiger partial charge in [0.25, 0.3) is 0 Å². The van der Waals surface area contributed by atoms with Crippen molar-refractivity contribution in [2.75, 3.05) is 5.75 Å². The van der Waals surface area contributed by atoms with E-state index in [-0.39, 0.29) is 0 Å². The van der Waals surface area contributed by atoms with Gasteiger partial charge in [-0.05, 0) is 23.7 Å². The van der Waals surface area contributed by atoms with Crippen molar-refractivity contribution in [3.63, 3.8) is 0 Å². The summed E-state index contributed by atoms with van der Waals surface area (Å²) in [4.78, 5) is 9.90. The van der Waals surface area contributed by atoms with Crippen LogP contribution in [0.15, 0.2) is 29.2 Å². The lowest BCUT2D eigenvalue weighted by molar-refractivity contribution is -0.109. The number of benzene rings is 1. The molecule has 0 saturated heterocycles. The van der Waals surface area contributed by atoms with E-state index in [0.29, 0.717) is 0 Å². The molecule has 0 aliphatic heterocycles. The van der Waals surface area contributed by atoms with E-state index >= 15 is 0 Å². The normalized spacial score (nSPS) is 11.3. The van der Waals surface area contributed by atoms with Crippen LogP contribution in [-0.4, -0.2) is 19.4 Å². The minimum Gasteiger partial charge on any atom is -0.280 e. The van der Waals surface area contributed by atoms with Crippen molar-refractivity contribution in [1.82, 2.24) is 0 Å². The molecule has 0 amide bonds. The lowest BCUT2D eigenvalue weighted by Gasteiger charge is -2.01. The molecule has 0 saturated carbocycles. The summed E-state index contributed by atoms with van der Waals surface area (Å²) < 4.78 is 35.6. The molecule has 76 valence electrons. The fraction of sp³-hybridized carbons (Fsp3) is 0.125. The van der Waals surface area contributed by atoms with Gasteiger partial charge in [-0.1, -0.05) is 12.1 Å². The van der Waals surface area contributed by atoms with Gasteiger partial charge < -0.3 is 0 Å². The van der Waals surface area contributed by atoms with E-state index in [2.05, 4.69) is 0 Å². The molecule has 1 aromatic rings. The van der Waals surface area contributed by atoms with Crippen molar-refractivity contribution < 1.29 is 17.6 Å². The molecule has 1 rings (SSSR count). The summed E-state index contributed by atoms with van der Waals surface area (Å²) in [5.74, 6) is -1.78. The Balaban J connectivity index is 3.17. The second-order valence-electron chi connectivity index (χ2n) is 2.54. The third-order valence-corrected chi connectivity index (χ3v) is 3.41. The molecule has 0 aromatic heterocycles. The van der Waals surface area contributed by atoms with Crippen LogP contribution >= 0.6 is 11.6 Å².